The molecule has 0 saturated heterocycles. The van der Waals surface area contributed by atoms with E-state index in [4.69, 9.17) is 5.11 Å². The number of aliphatic carboxylic acids is 1. The van der Waals surface area contributed by atoms with E-state index >= 15 is 0 Å². The lowest BCUT2D eigenvalue weighted by Crippen LogP contribution is -1.92. The molecule has 16 heavy (non-hydrogen) atoms. The van der Waals surface area contributed by atoms with E-state index in [9.17, 15) is 4.79 Å². The first-order valence-electron chi connectivity index (χ1n) is 6.15. The van der Waals surface area contributed by atoms with E-state index in [1.807, 2.05) is 6.92 Å². The summed E-state index contributed by atoms with van der Waals surface area (Å²) in [5.74, 6) is -0.348. The van der Waals surface area contributed by atoms with Crippen molar-refractivity contribution in [3.63, 3.8) is 0 Å². The number of hydrogen-bond donors (Lipinski definition) is 1. The molecule has 0 amide bonds. The van der Waals surface area contributed by atoms with Gasteiger partial charge in [0.25, 0.3) is 0 Å². The SMILES string of the molecule is CCCCCCC(C)/C=C(C)/C=C/C(=O)O. The van der Waals surface area contributed by atoms with Gasteiger partial charge in [-0.05, 0) is 19.3 Å². The quantitative estimate of drug-likeness (QED) is 0.381. The van der Waals surface area contributed by atoms with Gasteiger partial charge in [0.1, 0.15) is 0 Å². The molecule has 0 saturated carbocycles. The lowest BCUT2D eigenvalue weighted by atomic mass is 10.00. The monoisotopic (exact) mass is 224 g/mol. The third-order valence-electron chi connectivity index (χ3n) is 2.55. The van der Waals surface area contributed by atoms with E-state index in [0.29, 0.717) is 5.92 Å². The van der Waals surface area contributed by atoms with Crippen molar-refractivity contribution < 1.29 is 9.90 Å². The lowest BCUT2D eigenvalue weighted by molar-refractivity contribution is -0.131. The Morgan fingerprint density at radius 1 is 1.25 bits per heavy atom. The average Bonchev–Trinajstić information content (AvgIpc) is 2.21. The van der Waals surface area contributed by atoms with Gasteiger partial charge >= 0.3 is 5.97 Å². The molecule has 92 valence electrons. The summed E-state index contributed by atoms with van der Waals surface area (Å²) in [5.41, 5.74) is 1.03. The van der Waals surface area contributed by atoms with Gasteiger partial charge in [-0.25, -0.2) is 4.79 Å². The van der Waals surface area contributed by atoms with Gasteiger partial charge in [-0.2, -0.15) is 0 Å². The molecular formula is C14H24O2. The number of carbonyl (C=O) groups is 1. The zero-order chi connectivity index (χ0) is 12.4. The highest BCUT2D eigenvalue weighted by atomic mass is 16.4. The van der Waals surface area contributed by atoms with Crippen LogP contribution in [0.5, 0.6) is 0 Å². The van der Waals surface area contributed by atoms with Gasteiger partial charge in [-0.15, -0.1) is 0 Å². The zero-order valence-corrected chi connectivity index (χ0v) is 10.7. The average molecular weight is 224 g/mol. The van der Waals surface area contributed by atoms with Crippen molar-refractivity contribution in [2.24, 2.45) is 5.92 Å². The van der Waals surface area contributed by atoms with Crippen molar-refractivity contribution in [1.29, 1.82) is 0 Å². The number of carboxylic acid groups (broad SMARTS) is 1. The minimum Gasteiger partial charge on any atom is -0.478 e. The standard InChI is InChI=1S/C14H24O2/c1-4-5-6-7-8-12(2)11-13(3)9-10-14(15)16/h9-12H,4-8H2,1-3H3,(H,15,16)/b10-9+,13-11+. The molecule has 0 aromatic carbocycles. The molecule has 0 aliphatic carbocycles. The van der Waals surface area contributed by atoms with Crippen LogP contribution in [-0.4, -0.2) is 11.1 Å². The van der Waals surface area contributed by atoms with E-state index in [0.717, 1.165) is 5.57 Å². The first-order valence-corrected chi connectivity index (χ1v) is 6.15. The van der Waals surface area contributed by atoms with Crippen LogP contribution < -0.4 is 0 Å². The van der Waals surface area contributed by atoms with Crippen LogP contribution in [-0.2, 0) is 4.79 Å². The predicted molar refractivity (Wildman–Crippen MR) is 68.5 cm³/mol. The molecule has 0 aliphatic rings. The Morgan fingerprint density at radius 3 is 2.50 bits per heavy atom. The summed E-state index contributed by atoms with van der Waals surface area (Å²) in [6.07, 6.45) is 11.3. The van der Waals surface area contributed by atoms with Crippen LogP contribution in [0.25, 0.3) is 0 Å². The first kappa shape index (κ1) is 14.9. The Hall–Kier alpha value is -1.05. The van der Waals surface area contributed by atoms with Gasteiger partial charge in [0.15, 0.2) is 0 Å². The van der Waals surface area contributed by atoms with E-state index < -0.39 is 5.97 Å². The maximum Gasteiger partial charge on any atom is 0.328 e. The van der Waals surface area contributed by atoms with Crippen molar-refractivity contribution >= 4 is 5.97 Å². The van der Waals surface area contributed by atoms with Gasteiger partial charge < -0.3 is 5.11 Å². The summed E-state index contributed by atoms with van der Waals surface area (Å²) in [6.45, 7) is 6.34. The minimum atomic E-state index is -0.886. The summed E-state index contributed by atoms with van der Waals surface area (Å²) < 4.78 is 0. The molecule has 2 heteroatoms. The maximum absolute atomic E-state index is 10.3. The highest BCUT2D eigenvalue weighted by molar-refractivity contribution is 5.80. The van der Waals surface area contributed by atoms with Crippen molar-refractivity contribution in [2.75, 3.05) is 0 Å². The summed E-state index contributed by atoms with van der Waals surface area (Å²) in [6, 6.07) is 0. The van der Waals surface area contributed by atoms with Crippen molar-refractivity contribution in [3.05, 3.63) is 23.8 Å². The Labute approximate surface area is 99.1 Å². The van der Waals surface area contributed by atoms with E-state index in [2.05, 4.69) is 19.9 Å². The molecule has 0 aromatic heterocycles. The Morgan fingerprint density at radius 2 is 1.94 bits per heavy atom. The Kier molecular flexibility index (Phi) is 8.59. The molecule has 0 rings (SSSR count). The van der Waals surface area contributed by atoms with Crippen LogP contribution in [0.3, 0.4) is 0 Å². The highest BCUT2D eigenvalue weighted by Gasteiger charge is 1.98. The minimum absolute atomic E-state index is 0.537. The van der Waals surface area contributed by atoms with Crippen molar-refractivity contribution in [2.45, 2.75) is 52.9 Å². The molecule has 0 heterocycles. The van der Waals surface area contributed by atoms with Gasteiger partial charge in [0, 0.05) is 6.08 Å². The van der Waals surface area contributed by atoms with Crippen molar-refractivity contribution in [3.8, 4) is 0 Å². The third-order valence-corrected chi connectivity index (χ3v) is 2.55. The molecule has 0 aliphatic heterocycles. The Balaban J connectivity index is 3.86. The van der Waals surface area contributed by atoms with Gasteiger partial charge in [0.05, 0.1) is 0 Å². The van der Waals surface area contributed by atoms with Gasteiger partial charge in [-0.3, -0.25) is 0 Å². The smallest absolute Gasteiger partial charge is 0.328 e. The van der Waals surface area contributed by atoms with Crippen LogP contribution in [0.15, 0.2) is 23.8 Å². The maximum atomic E-state index is 10.3. The van der Waals surface area contributed by atoms with Crippen molar-refractivity contribution in [1.82, 2.24) is 0 Å². The van der Waals surface area contributed by atoms with Gasteiger partial charge in [0.2, 0.25) is 0 Å². The van der Waals surface area contributed by atoms with Gasteiger partial charge in [-0.1, -0.05) is 57.3 Å². The second-order valence-electron chi connectivity index (χ2n) is 4.41. The second-order valence-corrected chi connectivity index (χ2v) is 4.41. The molecule has 2 nitrogen and oxygen atoms in total. The molecule has 1 unspecified atom stereocenters. The van der Waals surface area contributed by atoms with Crippen LogP contribution in [0.4, 0.5) is 0 Å². The number of unbranched alkanes of at least 4 members (excludes halogenated alkanes) is 3. The molecule has 0 radical (unpaired) electrons. The fourth-order valence-electron chi connectivity index (χ4n) is 1.68. The summed E-state index contributed by atoms with van der Waals surface area (Å²) in [4.78, 5) is 10.3. The second kappa shape index (κ2) is 9.20. The summed E-state index contributed by atoms with van der Waals surface area (Å²) >= 11 is 0. The largest absolute Gasteiger partial charge is 0.478 e. The number of allylic oxidation sites excluding steroid dienone is 3. The lowest BCUT2D eigenvalue weighted by Gasteiger charge is -2.06. The fourth-order valence-corrected chi connectivity index (χ4v) is 1.68. The Bertz CT molecular complexity index is 251. The normalized spacial score (nSPS) is 14.3. The van der Waals surface area contributed by atoms with E-state index in [1.54, 1.807) is 6.08 Å². The summed E-state index contributed by atoms with van der Waals surface area (Å²) in [5, 5.41) is 8.48. The number of rotatable bonds is 8. The molecule has 0 bridgehead atoms. The third kappa shape index (κ3) is 9.50. The van der Waals surface area contributed by atoms with Crippen LogP contribution >= 0.6 is 0 Å². The first-order chi connectivity index (χ1) is 7.56. The molecule has 0 fully saturated rings. The van der Waals surface area contributed by atoms with E-state index in [1.165, 1.54) is 38.2 Å². The van der Waals surface area contributed by atoms with Crippen LogP contribution in [0.1, 0.15) is 52.9 Å². The molecule has 1 N–H and O–H groups in total. The van der Waals surface area contributed by atoms with Crippen LogP contribution in [0.2, 0.25) is 0 Å². The van der Waals surface area contributed by atoms with E-state index in [-0.39, 0.29) is 0 Å². The summed E-state index contributed by atoms with van der Waals surface area (Å²) in [7, 11) is 0. The van der Waals surface area contributed by atoms with Crippen LogP contribution in [0, 0.1) is 5.92 Å². The number of carboxylic acids is 1. The molecule has 1 atom stereocenters. The zero-order valence-electron chi connectivity index (χ0n) is 10.7. The molecule has 0 aromatic rings. The topological polar surface area (TPSA) is 37.3 Å². The number of hydrogen-bond acceptors (Lipinski definition) is 1. The predicted octanol–water partition coefficient (Wildman–Crippen LogP) is 4.18. The molecule has 0 spiro atoms. The highest BCUT2D eigenvalue weighted by Crippen LogP contribution is 2.13. The molecular weight excluding hydrogens is 200 g/mol. The fraction of sp³-hybridized carbons (Fsp3) is 0.643.